The molecule has 176 valence electrons. The Morgan fingerprint density at radius 2 is 0.778 bits per heavy atom. The molecule has 0 radical (unpaired) electrons. The highest BCUT2D eigenvalue weighted by Crippen LogP contribution is 2.27. The number of aromatic nitrogens is 3. The van der Waals surface area contributed by atoms with E-state index in [4.69, 9.17) is 15.0 Å². The first kappa shape index (κ1) is 23.4. The van der Waals surface area contributed by atoms with Gasteiger partial charge < -0.3 is 0 Å². The summed E-state index contributed by atoms with van der Waals surface area (Å²) in [5.41, 5.74) is 8.94. The van der Waals surface area contributed by atoms with Crippen LogP contribution >= 0.6 is 0 Å². The summed E-state index contributed by atoms with van der Waals surface area (Å²) in [6.07, 6.45) is 3.86. The second-order valence-corrected chi connectivity index (χ2v) is 8.81. The Kier molecular flexibility index (Phi) is 6.81. The van der Waals surface area contributed by atoms with E-state index in [9.17, 15) is 0 Å². The van der Waals surface area contributed by atoms with Crippen LogP contribution in [0, 0.1) is 0 Å². The number of hydrogen-bond donors (Lipinski definition) is 0. The number of aryl methyl sites for hydroxylation is 2. The molecule has 0 aliphatic carbocycles. The van der Waals surface area contributed by atoms with E-state index in [1.54, 1.807) is 0 Å². The van der Waals surface area contributed by atoms with Gasteiger partial charge in [0.15, 0.2) is 17.5 Å². The monoisotopic (exact) mass is 467 g/mol. The lowest BCUT2D eigenvalue weighted by atomic mass is 10.0. The van der Waals surface area contributed by atoms with E-state index in [2.05, 4.69) is 117 Å². The highest BCUT2D eigenvalue weighted by atomic mass is 15.0. The van der Waals surface area contributed by atoms with Gasteiger partial charge in [-0.1, -0.05) is 124 Å². The van der Waals surface area contributed by atoms with E-state index in [1.807, 2.05) is 6.08 Å². The Bertz CT molecular complexity index is 1400. The second-order valence-electron chi connectivity index (χ2n) is 8.81. The fourth-order valence-electron chi connectivity index (χ4n) is 4.17. The van der Waals surface area contributed by atoms with Gasteiger partial charge in [0.2, 0.25) is 0 Å². The van der Waals surface area contributed by atoms with Crippen LogP contribution in [-0.4, -0.2) is 15.0 Å². The fraction of sp³-hybridized carbons (Fsp3) is 0.121. The summed E-state index contributed by atoms with van der Waals surface area (Å²) in [5, 5.41) is 0. The van der Waals surface area contributed by atoms with Crippen LogP contribution in [0.1, 0.15) is 30.5 Å². The first-order valence-electron chi connectivity index (χ1n) is 12.4. The number of benzene rings is 4. The first-order chi connectivity index (χ1) is 17.7. The molecule has 36 heavy (non-hydrogen) atoms. The molecule has 0 fully saturated rings. The molecule has 0 bridgehead atoms. The lowest BCUT2D eigenvalue weighted by molar-refractivity contribution is 1.07. The van der Waals surface area contributed by atoms with Crippen molar-refractivity contribution >= 4 is 6.08 Å². The van der Waals surface area contributed by atoms with Crippen molar-refractivity contribution in [2.45, 2.75) is 26.7 Å². The van der Waals surface area contributed by atoms with E-state index in [0.717, 1.165) is 46.2 Å². The van der Waals surface area contributed by atoms with Gasteiger partial charge in [-0.25, -0.2) is 15.0 Å². The molecular formula is C33H29N3. The van der Waals surface area contributed by atoms with Crippen LogP contribution in [0.2, 0.25) is 0 Å². The van der Waals surface area contributed by atoms with Crippen LogP contribution in [0.25, 0.3) is 51.4 Å². The van der Waals surface area contributed by atoms with Gasteiger partial charge >= 0.3 is 0 Å². The summed E-state index contributed by atoms with van der Waals surface area (Å²) < 4.78 is 0. The average molecular weight is 468 g/mol. The predicted molar refractivity (Wildman–Crippen MR) is 150 cm³/mol. The molecule has 5 aromatic rings. The molecule has 4 aromatic carbocycles. The summed E-state index contributed by atoms with van der Waals surface area (Å²) in [6, 6.07) is 33.7. The zero-order valence-corrected chi connectivity index (χ0v) is 20.8. The third kappa shape index (κ3) is 5.01. The van der Waals surface area contributed by atoms with Crippen molar-refractivity contribution in [3.8, 4) is 45.3 Å². The van der Waals surface area contributed by atoms with Gasteiger partial charge in [0.05, 0.1) is 0 Å². The first-order valence-corrected chi connectivity index (χ1v) is 12.4. The number of hydrogen-bond acceptors (Lipinski definition) is 3. The topological polar surface area (TPSA) is 38.7 Å². The van der Waals surface area contributed by atoms with Gasteiger partial charge in [0.1, 0.15) is 0 Å². The van der Waals surface area contributed by atoms with Crippen molar-refractivity contribution in [3.63, 3.8) is 0 Å². The smallest absolute Gasteiger partial charge is 0.164 e. The number of nitrogens with zero attached hydrogens (tertiary/aromatic N) is 3. The SMILES string of the molecule is C=Cc1ccc(-c2ccc(-c3nc(-c4ccc(CC)cc4)nc(-c4ccc(CC)cc4)n3)cc2)cc1. The molecule has 0 aliphatic rings. The van der Waals surface area contributed by atoms with Gasteiger partial charge in [0, 0.05) is 16.7 Å². The van der Waals surface area contributed by atoms with Crippen molar-refractivity contribution in [1.29, 1.82) is 0 Å². The van der Waals surface area contributed by atoms with E-state index >= 15 is 0 Å². The summed E-state index contributed by atoms with van der Waals surface area (Å²) >= 11 is 0. The van der Waals surface area contributed by atoms with E-state index in [0.29, 0.717) is 17.5 Å². The van der Waals surface area contributed by atoms with Crippen molar-refractivity contribution < 1.29 is 0 Å². The normalized spacial score (nSPS) is 10.8. The zero-order chi connectivity index (χ0) is 24.9. The van der Waals surface area contributed by atoms with Crippen molar-refractivity contribution in [2.24, 2.45) is 0 Å². The van der Waals surface area contributed by atoms with Crippen LogP contribution in [0.15, 0.2) is 104 Å². The molecule has 3 nitrogen and oxygen atoms in total. The quantitative estimate of drug-likeness (QED) is 0.242. The third-order valence-corrected chi connectivity index (χ3v) is 6.50. The highest BCUT2D eigenvalue weighted by molar-refractivity contribution is 5.71. The maximum Gasteiger partial charge on any atom is 0.164 e. The Morgan fingerprint density at radius 1 is 0.472 bits per heavy atom. The molecule has 0 aliphatic heterocycles. The molecule has 0 unspecified atom stereocenters. The summed E-state index contributed by atoms with van der Waals surface area (Å²) in [5.74, 6) is 2.03. The largest absolute Gasteiger partial charge is 0.208 e. The summed E-state index contributed by atoms with van der Waals surface area (Å²) in [7, 11) is 0. The predicted octanol–water partition coefficient (Wildman–Crippen LogP) is 8.31. The Balaban J connectivity index is 1.56. The molecule has 0 atom stereocenters. The minimum atomic E-state index is 0.669. The fourth-order valence-corrected chi connectivity index (χ4v) is 4.17. The van der Waals surface area contributed by atoms with E-state index in [1.165, 1.54) is 11.1 Å². The second kappa shape index (κ2) is 10.5. The zero-order valence-electron chi connectivity index (χ0n) is 20.8. The molecule has 3 heteroatoms. The van der Waals surface area contributed by atoms with Crippen molar-refractivity contribution in [2.75, 3.05) is 0 Å². The maximum absolute atomic E-state index is 4.88. The molecule has 0 N–H and O–H groups in total. The van der Waals surface area contributed by atoms with Crippen LogP contribution < -0.4 is 0 Å². The van der Waals surface area contributed by atoms with E-state index < -0.39 is 0 Å². The minimum Gasteiger partial charge on any atom is -0.208 e. The third-order valence-electron chi connectivity index (χ3n) is 6.50. The molecule has 0 spiro atoms. The molecular weight excluding hydrogens is 438 g/mol. The van der Waals surface area contributed by atoms with E-state index in [-0.39, 0.29) is 0 Å². The van der Waals surface area contributed by atoms with Crippen molar-refractivity contribution in [3.05, 3.63) is 120 Å². The van der Waals surface area contributed by atoms with Crippen LogP contribution in [0.5, 0.6) is 0 Å². The van der Waals surface area contributed by atoms with Gasteiger partial charge in [-0.05, 0) is 40.7 Å². The molecule has 0 saturated carbocycles. The lowest BCUT2D eigenvalue weighted by Gasteiger charge is -2.10. The van der Waals surface area contributed by atoms with Crippen LogP contribution in [0.3, 0.4) is 0 Å². The average Bonchev–Trinajstić information content (AvgIpc) is 2.97. The molecule has 1 heterocycles. The van der Waals surface area contributed by atoms with Gasteiger partial charge in [-0.15, -0.1) is 0 Å². The molecule has 1 aromatic heterocycles. The Hall–Kier alpha value is -4.37. The Labute approximate surface area is 213 Å². The highest BCUT2D eigenvalue weighted by Gasteiger charge is 2.13. The summed E-state index contributed by atoms with van der Waals surface area (Å²) in [6.45, 7) is 8.15. The minimum absolute atomic E-state index is 0.669. The van der Waals surface area contributed by atoms with Crippen molar-refractivity contribution in [1.82, 2.24) is 15.0 Å². The molecule has 5 rings (SSSR count). The molecule has 0 amide bonds. The van der Waals surface area contributed by atoms with Crippen LogP contribution in [-0.2, 0) is 12.8 Å². The van der Waals surface area contributed by atoms with Gasteiger partial charge in [0.25, 0.3) is 0 Å². The maximum atomic E-state index is 4.88. The number of rotatable bonds is 7. The lowest BCUT2D eigenvalue weighted by Crippen LogP contribution is -2.00. The van der Waals surface area contributed by atoms with Crippen LogP contribution in [0.4, 0.5) is 0 Å². The standard InChI is InChI=1S/C33H29N3/c1-4-23-7-13-26(14-8-23)27-19-21-30(22-20-27)33-35-31(28-15-9-24(5-2)10-16-28)34-32(36-33)29-17-11-25(6-3)12-18-29/h4,7-22H,1,5-6H2,2-3H3. The molecule has 0 saturated heterocycles. The Morgan fingerprint density at radius 3 is 1.11 bits per heavy atom. The van der Waals surface area contributed by atoms with Gasteiger partial charge in [-0.2, -0.15) is 0 Å². The summed E-state index contributed by atoms with van der Waals surface area (Å²) in [4.78, 5) is 14.6. The van der Waals surface area contributed by atoms with Gasteiger partial charge in [-0.3, -0.25) is 0 Å².